The molecule has 4 aliphatic rings. The summed E-state index contributed by atoms with van der Waals surface area (Å²) in [5.74, 6) is 1.40. The van der Waals surface area contributed by atoms with Crippen LogP contribution in [0.3, 0.4) is 0 Å². The van der Waals surface area contributed by atoms with Crippen LogP contribution in [0, 0.1) is 40.4 Å². The fourth-order valence-electron chi connectivity index (χ4n) is 8.18. The molecule has 0 bridgehead atoms. The molecule has 146 valence electrons. The van der Waals surface area contributed by atoms with Crippen molar-refractivity contribution in [1.29, 1.82) is 0 Å². The molecule has 4 rings (SSSR count). The number of rotatable bonds is 2. The minimum absolute atomic E-state index is 0. The van der Waals surface area contributed by atoms with E-state index in [0.717, 1.165) is 25.7 Å². The third-order valence-electron chi connectivity index (χ3n) is 9.61. The predicted molar refractivity (Wildman–Crippen MR) is 97.8 cm³/mol. The molecule has 3 unspecified atom stereocenters. The van der Waals surface area contributed by atoms with E-state index in [1.54, 1.807) is 0 Å². The fourth-order valence-corrected chi connectivity index (χ4v) is 8.18. The van der Waals surface area contributed by atoms with Gasteiger partial charge in [0.15, 0.2) is 0 Å². The third-order valence-corrected chi connectivity index (χ3v) is 9.61. The summed E-state index contributed by atoms with van der Waals surface area (Å²) in [4.78, 5) is 25.8. The number of carbonyl (C=O) groups excluding carboxylic acids is 2. The quantitative estimate of drug-likeness (QED) is 0.624. The number of hydrogen-bond donors (Lipinski definition) is 0. The minimum atomic E-state index is -0.873. The Morgan fingerprint density at radius 2 is 1.74 bits per heavy atom. The van der Waals surface area contributed by atoms with E-state index in [4.69, 9.17) is 0 Å². The van der Waals surface area contributed by atoms with Crippen LogP contribution in [-0.2, 0) is 9.59 Å². The topological polar surface area (TPSA) is 60.4 Å². The van der Waals surface area contributed by atoms with E-state index in [9.17, 15) is 14.7 Å². The standard InChI is InChI=1S/C22H35NO3.Na/c1-13(20(25)26)15-6-7-16-14-5-8-18-22(3,12-10-19(24)23(18)4)17(14)9-11-21(15,16)2;/h13-18H,5-12H2,1-4H3,(H,25,26);/q;+1/p-1/t13-,14?,15-,16?,17?,18-,21-,22-;/m1./s1. The Morgan fingerprint density at radius 1 is 1.07 bits per heavy atom. The van der Waals surface area contributed by atoms with Crippen molar-refractivity contribution < 1.29 is 44.3 Å². The van der Waals surface area contributed by atoms with Crippen LogP contribution >= 0.6 is 0 Å². The molecule has 1 aliphatic heterocycles. The monoisotopic (exact) mass is 383 g/mol. The Kier molecular flexibility index (Phi) is 5.87. The van der Waals surface area contributed by atoms with Crippen molar-refractivity contribution in [2.24, 2.45) is 40.4 Å². The van der Waals surface area contributed by atoms with Crippen LogP contribution < -0.4 is 34.7 Å². The molecule has 1 saturated heterocycles. The molecular weight excluding hydrogens is 349 g/mol. The van der Waals surface area contributed by atoms with Gasteiger partial charge in [0.05, 0.1) is 0 Å². The molecule has 0 aromatic rings. The Labute approximate surface area is 186 Å². The van der Waals surface area contributed by atoms with Gasteiger partial charge in [-0.25, -0.2) is 0 Å². The SMILES string of the molecule is C[C@@H](C(=O)[O-])[C@H]1CCC2C3CC[C@H]4N(C)C(=O)CC[C@]4(C)C3CC[C@@]21C.[Na+]. The summed E-state index contributed by atoms with van der Waals surface area (Å²) in [7, 11) is 2.00. The summed E-state index contributed by atoms with van der Waals surface area (Å²) < 4.78 is 0. The molecule has 0 spiro atoms. The van der Waals surface area contributed by atoms with Gasteiger partial charge < -0.3 is 14.8 Å². The molecule has 3 saturated carbocycles. The normalized spacial score (nSPS) is 47.3. The zero-order valence-corrected chi connectivity index (χ0v) is 19.8. The average Bonchev–Trinajstić information content (AvgIpc) is 2.95. The number of carboxylic acids is 1. The zero-order chi connectivity index (χ0) is 18.9. The Balaban J connectivity index is 0.00000210. The van der Waals surface area contributed by atoms with Crippen LogP contribution in [0.1, 0.15) is 72.1 Å². The van der Waals surface area contributed by atoms with E-state index in [0.29, 0.717) is 36.1 Å². The maximum atomic E-state index is 12.2. The second-order valence-corrected chi connectivity index (χ2v) is 10.3. The van der Waals surface area contributed by atoms with Crippen LogP contribution in [0.4, 0.5) is 0 Å². The van der Waals surface area contributed by atoms with Crippen molar-refractivity contribution in [3.63, 3.8) is 0 Å². The number of hydrogen-bond acceptors (Lipinski definition) is 3. The van der Waals surface area contributed by atoms with E-state index in [2.05, 4.69) is 13.8 Å². The number of amides is 1. The van der Waals surface area contributed by atoms with E-state index in [1.165, 1.54) is 19.3 Å². The Hall–Kier alpha value is -0.0600. The van der Waals surface area contributed by atoms with Crippen molar-refractivity contribution in [1.82, 2.24) is 4.90 Å². The first kappa shape index (κ1) is 21.6. The van der Waals surface area contributed by atoms with Gasteiger partial charge in [0.2, 0.25) is 5.91 Å². The molecule has 1 amide bonds. The first-order chi connectivity index (χ1) is 12.2. The average molecular weight is 384 g/mol. The van der Waals surface area contributed by atoms with Crippen LogP contribution in [-0.4, -0.2) is 29.9 Å². The van der Waals surface area contributed by atoms with Gasteiger partial charge >= 0.3 is 29.6 Å². The minimum Gasteiger partial charge on any atom is -0.550 e. The summed E-state index contributed by atoms with van der Waals surface area (Å²) in [5, 5.41) is 11.5. The number of nitrogens with zero attached hydrogens (tertiary/aromatic N) is 1. The molecule has 4 fully saturated rings. The molecule has 4 nitrogen and oxygen atoms in total. The van der Waals surface area contributed by atoms with E-state index in [1.807, 2.05) is 18.9 Å². The number of aliphatic carboxylic acids is 1. The van der Waals surface area contributed by atoms with Gasteiger partial charge in [0.25, 0.3) is 0 Å². The Morgan fingerprint density at radius 3 is 2.41 bits per heavy atom. The van der Waals surface area contributed by atoms with Crippen molar-refractivity contribution in [2.75, 3.05) is 7.05 Å². The molecule has 0 aromatic carbocycles. The number of piperidine rings is 1. The third kappa shape index (κ3) is 3.04. The smallest absolute Gasteiger partial charge is 0.550 e. The first-order valence-electron chi connectivity index (χ1n) is 10.7. The number of carbonyl (C=O) groups is 2. The summed E-state index contributed by atoms with van der Waals surface area (Å²) in [6, 6.07) is 0.397. The van der Waals surface area contributed by atoms with Gasteiger partial charge in [-0.1, -0.05) is 20.8 Å². The summed E-state index contributed by atoms with van der Waals surface area (Å²) in [6.45, 7) is 6.67. The van der Waals surface area contributed by atoms with Crippen LogP contribution in [0.2, 0.25) is 0 Å². The van der Waals surface area contributed by atoms with Gasteiger partial charge in [-0.15, -0.1) is 0 Å². The summed E-state index contributed by atoms with van der Waals surface area (Å²) >= 11 is 0. The molecule has 3 aliphatic carbocycles. The van der Waals surface area contributed by atoms with E-state index in [-0.39, 0.29) is 52.2 Å². The van der Waals surface area contributed by atoms with Crippen molar-refractivity contribution >= 4 is 11.9 Å². The molecule has 0 radical (unpaired) electrons. The first-order valence-corrected chi connectivity index (χ1v) is 10.7. The van der Waals surface area contributed by atoms with Gasteiger partial charge in [-0.05, 0) is 85.4 Å². The van der Waals surface area contributed by atoms with Gasteiger partial charge in [0.1, 0.15) is 0 Å². The predicted octanol–water partition coefficient (Wildman–Crippen LogP) is -0.144. The summed E-state index contributed by atoms with van der Waals surface area (Å²) in [6.07, 6.45) is 8.60. The van der Waals surface area contributed by atoms with Crippen molar-refractivity contribution in [3.8, 4) is 0 Å². The van der Waals surface area contributed by atoms with E-state index >= 15 is 0 Å². The molecule has 0 N–H and O–H groups in total. The Bertz CT molecular complexity index is 625. The van der Waals surface area contributed by atoms with E-state index < -0.39 is 5.97 Å². The molecular formula is C22H34NNaO3. The van der Waals surface area contributed by atoms with Crippen LogP contribution in [0.25, 0.3) is 0 Å². The maximum absolute atomic E-state index is 12.2. The largest absolute Gasteiger partial charge is 1.00 e. The molecule has 8 atom stereocenters. The molecule has 0 aromatic heterocycles. The van der Waals surface area contributed by atoms with Gasteiger partial charge in [0, 0.05) is 25.5 Å². The van der Waals surface area contributed by atoms with Crippen molar-refractivity contribution in [2.45, 2.75) is 78.2 Å². The fraction of sp³-hybridized carbons (Fsp3) is 0.909. The number of fused-ring (bicyclic) bond motifs is 5. The molecule has 1 heterocycles. The maximum Gasteiger partial charge on any atom is 1.00 e. The van der Waals surface area contributed by atoms with Crippen LogP contribution in [0.15, 0.2) is 0 Å². The van der Waals surface area contributed by atoms with Gasteiger partial charge in [-0.2, -0.15) is 0 Å². The number of carboxylic acid groups (broad SMARTS) is 1. The van der Waals surface area contributed by atoms with Gasteiger partial charge in [-0.3, -0.25) is 4.79 Å². The second kappa shape index (κ2) is 7.32. The number of likely N-dealkylation sites (tertiary alicyclic amines) is 1. The molecule has 27 heavy (non-hydrogen) atoms. The van der Waals surface area contributed by atoms with Crippen LogP contribution in [0.5, 0.6) is 0 Å². The second-order valence-electron chi connectivity index (χ2n) is 10.3. The summed E-state index contributed by atoms with van der Waals surface area (Å²) in [5.41, 5.74) is 0.394. The molecule has 5 heteroatoms. The van der Waals surface area contributed by atoms with Crippen molar-refractivity contribution in [3.05, 3.63) is 0 Å². The zero-order valence-electron chi connectivity index (χ0n) is 17.8.